The Hall–Kier alpha value is -4.02. The van der Waals surface area contributed by atoms with Crippen molar-refractivity contribution in [3.63, 3.8) is 0 Å². The molecule has 0 aliphatic heterocycles. The van der Waals surface area contributed by atoms with Gasteiger partial charge in [-0.2, -0.15) is 0 Å². The second-order valence-electron chi connectivity index (χ2n) is 8.93. The molecule has 1 N–H and O–H groups in total. The van der Waals surface area contributed by atoms with Gasteiger partial charge < -0.3 is 4.57 Å². The van der Waals surface area contributed by atoms with Gasteiger partial charge in [-0.05, 0) is 17.2 Å². The number of hydrogen-bond acceptors (Lipinski definition) is 5. The van der Waals surface area contributed by atoms with Crippen molar-refractivity contribution >= 4 is 27.0 Å². The number of aromatic nitrogens is 4. The van der Waals surface area contributed by atoms with Gasteiger partial charge in [0.05, 0.1) is 0 Å². The zero-order chi connectivity index (χ0) is 26.5. The van der Waals surface area contributed by atoms with Crippen LogP contribution in [0.1, 0.15) is 25.8 Å². The monoisotopic (exact) mass is 508 g/mol. The van der Waals surface area contributed by atoms with Crippen LogP contribution in [0.25, 0.3) is 37.2 Å². The molecule has 0 amide bonds. The van der Waals surface area contributed by atoms with Crippen molar-refractivity contribution in [3.05, 3.63) is 104 Å². The van der Waals surface area contributed by atoms with E-state index in [4.69, 9.17) is 0 Å². The fourth-order valence-corrected chi connectivity index (χ4v) is 4.41. The zero-order valence-electron chi connectivity index (χ0n) is 20.8. The number of fused-ring (bicyclic) bond motifs is 1. The van der Waals surface area contributed by atoms with Crippen molar-refractivity contribution in [2.45, 2.75) is 31.8 Å². The first-order valence-corrected chi connectivity index (χ1v) is 12.4. The summed E-state index contributed by atoms with van der Waals surface area (Å²) in [6, 6.07) is 13.4. The molecule has 3 aromatic heterocycles. The van der Waals surface area contributed by atoms with Crippen molar-refractivity contribution < 1.29 is 5.11 Å². The number of rotatable bonds is 8. The summed E-state index contributed by atoms with van der Waals surface area (Å²) in [7, 11) is 1.68. The van der Waals surface area contributed by atoms with Crippen LogP contribution < -0.4 is 11.1 Å². The molecule has 9 heteroatoms. The standard InChI is InChI=1S/C28H27N5O3.Al/c1-4-5-6-7-22(14-18(2)29)33-26(35)11-9-21-15-24(30-31-28(21)33)23-10-8-19(16-25(23)34)20-12-13-32(3)27(36)17-20;/h4-6,8-13,15-18,22,34H,1,7,14H2,2-3H3;/q+1;/t18-,22?;/m0./s1. The molecule has 2 atom stereocenters. The molecule has 4 aromatic rings. The number of phenols is 1. The minimum atomic E-state index is -0.168. The average Bonchev–Trinajstić information content (AvgIpc) is 2.89. The Morgan fingerprint density at radius 3 is 2.57 bits per heavy atom. The van der Waals surface area contributed by atoms with E-state index >= 15 is 0 Å². The Balaban J connectivity index is 1.75. The molecule has 0 aliphatic carbocycles. The maximum atomic E-state index is 13.0. The third-order valence-corrected chi connectivity index (χ3v) is 6.81. The summed E-state index contributed by atoms with van der Waals surface area (Å²) in [6.07, 6.45) is 8.49. The quantitative estimate of drug-likeness (QED) is 0.281. The molecule has 8 nitrogen and oxygen atoms in total. The first-order valence-electron chi connectivity index (χ1n) is 11.9. The van der Waals surface area contributed by atoms with Crippen LogP contribution in [0.15, 0.2) is 89.1 Å². The van der Waals surface area contributed by atoms with Crippen molar-refractivity contribution in [3.8, 4) is 28.1 Å². The molecular weight excluding hydrogens is 481 g/mol. The molecule has 37 heavy (non-hydrogen) atoms. The number of nitrogens with zero attached hydrogens (tertiary/aromatic N) is 5. The van der Waals surface area contributed by atoms with Gasteiger partial charge in [0.2, 0.25) is 0 Å². The molecule has 1 unspecified atom stereocenters. The number of pyridine rings is 2. The molecule has 1 aromatic carbocycles. The molecule has 0 radical (unpaired) electrons. The number of hydrogen-bond donors (Lipinski definition) is 1. The third-order valence-electron chi connectivity index (χ3n) is 6.30. The summed E-state index contributed by atoms with van der Waals surface area (Å²) in [5.74, 6) is 0.0171. The maximum absolute atomic E-state index is 13.0. The molecule has 0 spiro atoms. The fraction of sp³-hybridized carbons (Fsp3) is 0.214. The number of allylic oxidation sites excluding steroid dienone is 3. The number of aryl methyl sites for hydroxylation is 1. The summed E-state index contributed by atoms with van der Waals surface area (Å²) in [6.45, 7) is 5.71. The molecule has 0 saturated heterocycles. The van der Waals surface area contributed by atoms with Gasteiger partial charge in [0.25, 0.3) is 5.56 Å². The van der Waals surface area contributed by atoms with Crippen LogP contribution >= 0.6 is 0 Å². The van der Waals surface area contributed by atoms with Crippen LogP contribution in [0.5, 0.6) is 5.75 Å². The summed E-state index contributed by atoms with van der Waals surface area (Å²) < 4.78 is 7.42. The molecule has 0 fully saturated rings. The first kappa shape index (κ1) is 26.1. The van der Waals surface area contributed by atoms with E-state index in [9.17, 15) is 14.7 Å². The zero-order valence-corrected chi connectivity index (χ0v) is 21.9. The predicted molar refractivity (Wildman–Crippen MR) is 148 cm³/mol. The second-order valence-corrected chi connectivity index (χ2v) is 9.23. The molecule has 184 valence electrons. The van der Waals surface area contributed by atoms with Crippen LogP contribution in [-0.4, -0.2) is 46.4 Å². The van der Waals surface area contributed by atoms with E-state index < -0.39 is 0 Å². The SMILES string of the molecule is C=CC=CCC(C[C@H](C)[N+]#[Al])n1c(=O)ccc2cc(-c3ccc(-c4ccn(C)c(=O)c4)cc3O)nnc21. The van der Waals surface area contributed by atoms with Gasteiger partial charge in [-0.15, -0.1) is 0 Å². The van der Waals surface area contributed by atoms with E-state index in [-0.39, 0.29) is 29.0 Å². The van der Waals surface area contributed by atoms with Gasteiger partial charge in [0, 0.05) is 19.3 Å². The summed E-state index contributed by atoms with van der Waals surface area (Å²) in [4.78, 5) is 25.0. The van der Waals surface area contributed by atoms with Crippen molar-refractivity contribution in [1.29, 1.82) is 0 Å². The van der Waals surface area contributed by atoms with E-state index in [1.54, 1.807) is 42.1 Å². The van der Waals surface area contributed by atoms with Gasteiger partial charge in [-0.1, -0.05) is 0 Å². The van der Waals surface area contributed by atoms with E-state index in [0.717, 1.165) is 5.39 Å². The Labute approximate surface area is 222 Å². The van der Waals surface area contributed by atoms with Crippen molar-refractivity contribution in [2.24, 2.45) is 7.05 Å². The number of benzene rings is 1. The van der Waals surface area contributed by atoms with Gasteiger partial charge >= 0.3 is 171 Å². The fourth-order valence-electron chi connectivity index (χ4n) is 4.29. The van der Waals surface area contributed by atoms with E-state index in [1.807, 2.05) is 37.3 Å². The Kier molecular flexibility index (Phi) is 8.00. The van der Waals surface area contributed by atoms with Crippen LogP contribution in [0.3, 0.4) is 0 Å². The van der Waals surface area contributed by atoms with Gasteiger partial charge in [0.1, 0.15) is 0 Å². The third kappa shape index (κ3) is 5.71. The number of aromatic hydroxyl groups is 1. The van der Waals surface area contributed by atoms with Crippen LogP contribution in [0.4, 0.5) is 0 Å². The van der Waals surface area contributed by atoms with E-state index in [2.05, 4.69) is 36.4 Å². The minimum absolute atomic E-state index is 0.0171. The Morgan fingerprint density at radius 2 is 1.86 bits per heavy atom. The van der Waals surface area contributed by atoms with Gasteiger partial charge in [-0.3, -0.25) is 4.79 Å². The first-order chi connectivity index (χ1) is 17.8. The van der Waals surface area contributed by atoms with Crippen molar-refractivity contribution in [2.75, 3.05) is 0 Å². The van der Waals surface area contributed by atoms with E-state index in [0.29, 0.717) is 40.9 Å². The molecule has 0 saturated carbocycles. The molecule has 3 heterocycles. The second kappa shape index (κ2) is 11.4. The van der Waals surface area contributed by atoms with Crippen LogP contribution in [-0.2, 0) is 7.05 Å². The summed E-state index contributed by atoms with van der Waals surface area (Å²) in [5.41, 5.74) is 2.57. The summed E-state index contributed by atoms with van der Waals surface area (Å²) in [5, 5.41) is 20.3. The Bertz CT molecular complexity index is 1670. The summed E-state index contributed by atoms with van der Waals surface area (Å²) >= 11 is 2.39. The van der Waals surface area contributed by atoms with E-state index in [1.165, 1.54) is 16.7 Å². The number of phenolic OH excluding ortho intramolecular Hbond substituents is 1. The topological polar surface area (TPSA) is 94.4 Å². The molecule has 0 aliphatic rings. The molecule has 4 rings (SSSR count). The van der Waals surface area contributed by atoms with Gasteiger partial charge in [-0.25, -0.2) is 0 Å². The normalized spacial score (nSPS) is 13.0. The Morgan fingerprint density at radius 1 is 1.08 bits per heavy atom. The van der Waals surface area contributed by atoms with Crippen LogP contribution in [0.2, 0.25) is 0 Å². The van der Waals surface area contributed by atoms with Gasteiger partial charge in [0.15, 0.2) is 0 Å². The predicted octanol–water partition coefficient (Wildman–Crippen LogP) is 4.44. The average molecular weight is 509 g/mol. The molecular formula is C28H27AlN5O3+. The molecule has 0 bridgehead atoms. The van der Waals surface area contributed by atoms with Crippen molar-refractivity contribution in [1.82, 2.24) is 19.3 Å². The van der Waals surface area contributed by atoms with Crippen LogP contribution in [0, 0.1) is 0 Å².